The van der Waals surface area contributed by atoms with Crippen LogP contribution in [0.25, 0.3) is 10.6 Å². The van der Waals surface area contributed by atoms with Crippen LogP contribution in [0.5, 0.6) is 0 Å². The molecule has 0 saturated heterocycles. The minimum absolute atomic E-state index is 0.358. The van der Waals surface area contributed by atoms with Crippen LogP contribution in [0, 0.1) is 11.7 Å². The van der Waals surface area contributed by atoms with E-state index in [1.807, 2.05) is 0 Å². The quantitative estimate of drug-likeness (QED) is 0.775. The molecule has 1 heterocycles. The summed E-state index contributed by atoms with van der Waals surface area (Å²) in [6, 6.07) is 4.61. The number of hydrogen-bond donors (Lipinski definition) is 1. The zero-order chi connectivity index (χ0) is 15.2. The Morgan fingerprint density at radius 1 is 1.33 bits per heavy atom. The van der Waals surface area contributed by atoms with Crippen LogP contribution in [0.4, 0.5) is 4.39 Å². The topological polar surface area (TPSA) is 37.8 Å². The van der Waals surface area contributed by atoms with Crippen molar-refractivity contribution < 1.29 is 4.39 Å². The van der Waals surface area contributed by atoms with Crippen molar-refractivity contribution in [3.8, 4) is 10.6 Å². The van der Waals surface area contributed by atoms with E-state index < -0.39 is 0 Å². The Labute approximate surface area is 133 Å². The number of benzene rings is 1. The molecule has 0 radical (unpaired) electrons. The van der Waals surface area contributed by atoms with E-state index in [-0.39, 0.29) is 5.82 Å². The molecule has 0 saturated carbocycles. The highest BCUT2D eigenvalue weighted by atomic mass is 35.5. The summed E-state index contributed by atoms with van der Waals surface area (Å²) in [6.45, 7) is 6.36. The fourth-order valence-corrected chi connectivity index (χ4v) is 2.95. The Balaban J connectivity index is 1.89. The van der Waals surface area contributed by atoms with Crippen molar-refractivity contribution in [2.45, 2.75) is 26.7 Å². The van der Waals surface area contributed by atoms with Gasteiger partial charge in [0.25, 0.3) is 0 Å². The highest BCUT2D eigenvalue weighted by molar-refractivity contribution is 7.14. The maximum absolute atomic E-state index is 13.8. The zero-order valence-electron chi connectivity index (χ0n) is 12.2. The predicted octanol–water partition coefficient (Wildman–Crippen LogP) is 4.18. The van der Waals surface area contributed by atoms with Crippen molar-refractivity contribution in [3.63, 3.8) is 0 Å². The maximum atomic E-state index is 13.8. The third-order valence-corrected chi connectivity index (χ3v) is 4.18. The van der Waals surface area contributed by atoms with E-state index in [1.54, 1.807) is 12.1 Å². The minimum Gasteiger partial charge on any atom is -0.316 e. The van der Waals surface area contributed by atoms with Gasteiger partial charge < -0.3 is 5.32 Å². The second-order valence-electron chi connectivity index (χ2n) is 5.33. The lowest BCUT2D eigenvalue weighted by Crippen LogP contribution is -2.21. The van der Waals surface area contributed by atoms with Gasteiger partial charge in [-0.05, 0) is 43.6 Å². The molecular formula is C15H19ClFN3S. The number of aryl methyl sites for hydroxylation is 1. The van der Waals surface area contributed by atoms with Crippen molar-refractivity contribution in [3.05, 3.63) is 34.0 Å². The van der Waals surface area contributed by atoms with E-state index in [4.69, 9.17) is 11.6 Å². The van der Waals surface area contributed by atoms with Gasteiger partial charge in [0.15, 0.2) is 5.01 Å². The Morgan fingerprint density at radius 3 is 2.86 bits per heavy atom. The Kier molecular flexibility index (Phi) is 6.08. The highest BCUT2D eigenvalue weighted by Crippen LogP contribution is 2.28. The number of hydrogen-bond acceptors (Lipinski definition) is 4. The Bertz CT molecular complexity index is 586. The monoisotopic (exact) mass is 327 g/mol. The summed E-state index contributed by atoms with van der Waals surface area (Å²) in [5.41, 5.74) is 0.459. The molecule has 6 heteroatoms. The van der Waals surface area contributed by atoms with Crippen LogP contribution in [-0.4, -0.2) is 23.3 Å². The van der Waals surface area contributed by atoms with E-state index in [9.17, 15) is 4.39 Å². The molecule has 0 bridgehead atoms. The first-order chi connectivity index (χ1) is 10.1. The Hall–Kier alpha value is -1.04. The van der Waals surface area contributed by atoms with Gasteiger partial charge in [0, 0.05) is 17.0 Å². The molecule has 1 N–H and O–H groups in total. The van der Waals surface area contributed by atoms with E-state index in [0.717, 1.165) is 30.9 Å². The summed E-state index contributed by atoms with van der Waals surface area (Å²) in [7, 11) is 0. The van der Waals surface area contributed by atoms with Crippen molar-refractivity contribution in [2.75, 3.05) is 13.1 Å². The number of aromatic nitrogens is 2. The largest absolute Gasteiger partial charge is 0.316 e. The second-order valence-corrected chi connectivity index (χ2v) is 6.83. The average molecular weight is 328 g/mol. The molecule has 21 heavy (non-hydrogen) atoms. The molecule has 114 valence electrons. The van der Waals surface area contributed by atoms with Crippen LogP contribution in [0.3, 0.4) is 0 Å². The summed E-state index contributed by atoms with van der Waals surface area (Å²) in [5, 5.41) is 13.5. The summed E-state index contributed by atoms with van der Waals surface area (Å²) >= 11 is 7.19. The van der Waals surface area contributed by atoms with Crippen LogP contribution in [0.15, 0.2) is 18.2 Å². The third-order valence-electron chi connectivity index (χ3n) is 2.93. The van der Waals surface area contributed by atoms with Crippen molar-refractivity contribution in [1.82, 2.24) is 15.5 Å². The van der Waals surface area contributed by atoms with Gasteiger partial charge in [-0.25, -0.2) is 4.39 Å². The van der Waals surface area contributed by atoms with Gasteiger partial charge in [-0.2, -0.15) is 0 Å². The standard InChI is InChI=1S/C15H19ClFN3S/c1-10(2)9-18-7-3-4-14-19-20-15(21-14)12-6-5-11(16)8-13(12)17/h5-6,8,10,18H,3-4,7,9H2,1-2H3. The SMILES string of the molecule is CC(C)CNCCCc1nnc(-c2ccc(Cl)cc2F)s1. The number of nitrogens with one attached hydrogen (secondary N) is 1. The lowest BCUT2D eigenvalue weighted by Gasteiger charge is -2.05. The zero-order valence-corrected chi connectivity index (χ0v) is 13.8. The van der Waals surface area contributed by atoms with Gasteiger partial charge in [0.1, 0.15) is 10.8 Å². The summed E-state index contributed by atoms with van der Waals surface area (Å²) < 4.78 is 13.8. The molecule has 2 aromatic rings. The number of halogens is 2. The molecule has 0 spiro atoms. The molecule has 1 aromatic heterocycles. The molecule has 0 amide bonds. The fraction of sp³-hybridized carbons (Fsp3) is 0.467. The molecule has 0 unspecified atom stereocenters. The first-order valence-electron chi connectivity index (χ1n) is 7.05. The van der Waals surface area contributed by atoms with Crippen LogP contribution in [0.1, 0.15) is 25.3 Å². The molecule has 0 aliphatic heterocycles. The molecule has 0 aliphatic carbocycles. The lowest BCUT2D eigenvalue weighted by atomic mass is 10.2. The number of rotatable bonds is 7. The summed E-state index contributed by atoms with van der Waals surface area (Å²) in [6.07, 6.45) is 1.86. The summed E-state index contributed by atoms with van der Waals surface area (Å²) in [4.78, 5) is 0. The van der Waals surface area contributed by atoms with Crippen molar-refractivity contribution >= 4 is 22.9 Å². The smallest absolute Gasteiger partial charge is 0.150 e. The van der Waals surface area contributed by atoms with Crippen LogP contribution in [-0.2, 0) is 6.42 Å². The second kappa shape index (κ2) is 7.82. The van der Waals surface area contributed by atoms with Gasteiger partial charge in [0.2, 0.25) is 0 Å². The van der Waals surface area contributed by atoms with Gasteiger partial charge in [-0.3, -0.25) is 0 Å². The first kappa shape index (κ1) is 16.3. The molecule has 0 fully saturated rings. The van der Waals surface area contributed by atoms with Gasteiger partial charge >= 0.3 is 0 Å². The van der Waals surface area contributed by atoms with E-state index >= 15 is 0 Å². The van der Waals surface area contributed by atoms with Crippen molar-refractivity contribution in [1.29, 1.82) is 0 Å². The predicted molar refractivity (Wildman–Crippen MR) is 86.3 cm³/mol. The van der Waals surface area contributed by atoms with Gasteiger partial charge in [-0.15, -0.1) is 10.2 Å². The highest BCUT2D eigenvalue weighted by Gasteiger charge is 2.11. The van der Waals surface area contributed by atoms with E-state index in [0.29, 0.717) is 21.5 Å². The normalized spacial score (nSPS) is 11.3. The molecule has 0 atom stereocenters. The first-order valence-corrected chi connectivity index (χ1v) is 8.24. The van der Waals surface area contributed by atoms with Gasteiger partial charge in [0.05, 0.1) is 0 Å². The van der Waals surface area contributed by atoms with Crippen molar-refractivity contribution in [2.24, 2.45) is 5.92 Å². The molecule has 3 nitrogen and oxygen atoms in total. The lowest BCUT2D eigenvalue weighted by molar-refractivity contribution is 0.542. The fourth-order valence-electron chi connectivity index (χ4n) is 1.88. The molecular weight excluding hydrogens is 309 g/mol. The average Bonchev–Trinajstić information content (AvgIpc) is 2.86. The minimum atomic E-state index is -0.358. The molecule has 0 aliphatic rings. The Morgan fingerprint density at radius 2 is 2.14 bits per heavy atom. The maximum Gasteiger partial charge on any atom is 0.150 e. The number of nitrogens with zero attached hydrogens (tertiary/aromatic N) is 2. The van der Waals surface area contributed by atoms with Crippen LogP contribution >= 0.6 is 22.9 Å². The molecule has 1 aromatic carbocycles. The third kappa shape index (κ3) is 5.02. The summed E-state index contributed by atoms with van der Waals surface area (Å²) in [5.74, 6) is 0.301. The van der Waals surface area contributed by atoms with Crippen LogP contribution < -0.4 is 5.32 Å². The van der Waals surface area contributed by atoms with E-state index in [1.165, 1.54) is 17.4 Å². The molecule has 2 rings (SSSR count). The van der Waals surface area contributed by atoms with E-state index in [2.05, 4.69) is 29.4 Å². The van der Waals surface area contributed by atoms with Gasteiger partial charge in [-0.1, -0.05) is 36.8 Å². The van der Waals surface area contributed by atoms with Crippen LogP contribution in [0.2, 0.25) is 5.02 Å².